The van der Waals surface area contributed by atoms with Crippen LogP contribution in [0, 0.1) is 0 Å². The Kier molecular flexibility index (Phi) is 4.72. The van der Waals surface area contributed by atoms with Gasteiger partial charge in [0, 0.05) is 9.75 Å². The molecule has 0 radical (unpaired) electrons. The van der Waals surface area contributed by atoms with Gasteiger partial charge in [-0.1, -0.05) is 12.1 Å². The third kappa shape index (κ3) is 3.64. The van der Waals surface area contributed by atoms with E-state index in [9.17, 15) is 13.2 Å². The van der Waals surface area contributed by atoms with E-state index in [4.69, 9.17) is 9.47 Å². The quantitative estimate of drug-likeness (QED) is 0.555. The second kappa shape index (κ2) is 6.80. The van der Waals surface area contributed by atoms with Gasteiger partial charge in [0.05, 0.1) is 19.8 Å². The normalized spacial score (nSPS) is 11.4. The average molecular weight is 364 g/mol. The Balaban J connectivity index is 2.00. The van der Waals surface area contributed by atoms with Crippen LogP contribution in [0.2, 0.25) is 0 Å². The van der Waals surface area contributed by atoms with Crippen LogP contribution in [0.1, 0.15) is 5.56 Å². The van der Waals surface area contributed by atoms with Crippen LogP contribution in [-0.2, 0) is 6.18 Å². The maximum atomic E-state index is 13.2. The maximum absolute atomic E-state index is 13.2. The number of rotatable bonds is 4. The van der Waals surface area contributed by atoms with E-state index in [1.165, 1.54) is 24.5 Å². The average Bonchev–Trinajstić information content (AvgIpc) is 3.10. The first-order valence-electron chi connectivity index (χ1n) is 7.42. The number of hydrogen-bond donors (Lipinski definition) is 0. The summed E-state index contributed by atoms with van der Waals surface area (Å²) in [6.45, 7) is 0. The number of thiophene rings is 1. The predicted molar refractivity (Wildman–Crippen MR) is 93.3 cm³/mol. The van der Waals surface area contributed by atoms with Gasteiger partial charge >= 0.3 is 6.18 Å². The fourth-order valence-corrected chi connectivity index (χ4v) is 3.51. The molecule has 130 valence electrons. The molecule has 25 heavy (non-hydrogen) atoms. The molecule has 0 amide bonds. The van der Waals surface area contributed by atoms with Gasteiger partial charge in [-0.15, -0.1) is 11.3 Å². The third-order valence-electron chi connectivity index (χ3n) is 3.75. The number of methoxy groups -OCH3 is 2. The van der Waals surface area contributed by atoms with Crippen LogP contribution < -0.4 is 9.47 Å². The summed E-state index contributed by atoms with van der Waals surface area (Å²) in [6.07, 6.45) is -4.46. The molecule has 0 spiro atoms. The molecule has 0 saturated heterocycles. The molecule has 0 saturated carbocycles. The molecule has 0 aliphatic heterocycles. The summed E-state index contributed by atoms with van der Waals surface area (Å²) < 4.78 is 49.6. The van der Waals surface area contributed by atoms with Crippen LogP contribution in [0.25, 0.3) is 20.9 Å². The number of halogens is 3. The summed E-state index contributed by atoms with van der Waals surface area (Å²) >= 11 is 1.43. The Morgan fingerprint density at radius 1 is 0.800 bits per heavy atom. The van der Waals surface area contributed by atoms with Crippen molar-refractivity contribution in [2.45, 2.75) is 6.18 Å². The monoisotopic (exact) mass is 364 g/mol. The van der Waals surface area contributed by atoms with Crippen LogP contribution >= 0.6 is 11.3 Å². The summed E-state index contributed by atoms with van der Waals surface area (Å²) in [7, 11) is 2.82. The summed E-state index contributed by atoms with van der Waals surface area (Å²) in [6, 6.07) is 15.4. The van der Waals surface area contributed by atoms with Gasteiger partial charge in [-0.05, 0) is 53.6 Å². The Hall–Kier alpha value is -2.47. The van der Waals surface area contributed by atoms with Crippen LogP contribution in [0.15, 0.2) is 54.6 Å². The standard InChI is InChI=1S/C19H15F3O2S/c1-23-14-5-3-4-12(10-14)17-8-9-18(25-17)13-6-7-16(24-2)15(11-13)19(20,21)22/h3-11H,1-2H3. The smallest absolute Gasteiger partial charge is 0.419 e. The van der Waals surface area contributed by atoms with Crippen molar-refractivity contribution in [3.8, 4) is 32.4 Å². The highest BCUT2D eigenvalue weighted by Crippen LogP contribution is 2.41. The van der Waals surface area contributed by atoms with Crippen molar-refractivity contribution >= 4 is 11.3 Å². The molecule has 2 nitrogen and oxygen atoms in total. The summed E-state index contributed by atoms with van der Waals surface area (Å²) in [4.78, 5) is 1.71. The molecular weight excluding hydrogens is 349 g/mol. The highest BCUT2D eigenvalue weighted by Gasteiger charge is 2.34. The predicted octanol–water partition coefficient (Wildman–Crippen LogP) is 6.12. The zero-order chi connectivity index (χ0) is 18.0. The summed E-state index contributed by atoms with van der Waals surface area (Å²) in [5.41, 5.74) is 0.691. The molecule has 0 fully saturated rings. The minimum Gasteiger partial charge on any atom is -0.497 e. The van der Waals surface area contributed by atoms with E-state index in [1.807, 2.05) is 36.4 Å². The minimum atomic E-state index is -4.46. The van der Waals surface area contributed by atoms with Crippen molar-refractivity contribution in [2.75, 3.05) is 14.2 Å². The van der Waals surface area contributed by atoms with Crippen molar-refractivity contribution in [1.29, 1.82) is 0 Å². The molecule has 0 unspecified atom stereocenters. The molecule has 6 heteroatoms. The zero-order valence-electron chi connectivity index (χ0n) is 13.6. The summed E-state index contributed by atoms with van der Waals surface area (Å²) in [5.74, 6) is 0.553. The number of hydrogen-bond acceptors (Lipinski definition) is 3. The van der Waals surface area contributed by atoms with Crippen molar-refractivity contribution in [1.82, 2.24) is 0 Å². The van der Waals surface area contributed by atoms with Crippen LogP contribution in [0.5, 0.6) is 11.5 Å². The molecule has 3 rings (SSSR count). The molecule has 0 aliphatic rings. The topological polar surface area (TPSA) is 18.5 Å². The second-order valence-electron chi connectivity index (χ2n) is 5.31. The van der Waals surface area contributed by atoms with Crippen molar-refractivity contribution in [3.63, 3.8) is 0 Å². The fraction of sp³-hybridized carbons (Fsp3) is 0.158. The van der Waals surface area contributed by atoms with Gasteiger partial charge in [-0.25, -0.2) is 0 Å². The molecule has 3 aromatic rings. The lowest BCUT2D eigenvalue weighted by atomic mass is 10.1. The van der Waals surface area contributed by atoms with Crippen LogP contribution in [0.3, 0.4) is 0 Å². The fourth-order valence-electron chi connectivity index (χ4n) is 2.51. The van der Waals surface area contributed by atoms with Gasteiger partial charge in [-0.3, -0.25) is 0 Å². The van der Waals surface area contributed by atoms with E-state index in [2.05, 4.69) is 0 Å². The number of benzene rings is 2. The lowest BCUT2D eigenvalue weighted by molar-refractivity contribution is -0.138. The first-order valence-corrected chi connectivity index (χ1v) is 8.24. The Labute approximate surface area is 147 Å². The van der Waals surface area contributed by atoms with E-state index in [1.54, 1.807) is 13.2 Å². The highest BCUT2D eigenvalue weighted by atomic mass is 32.1. The van der Waals surface area contributed by atoms with Crippen molar-refractivity contribution in [3.05, 3.63) is 60.2 Å². The Morgan fingerprint density at radius 3 is 2.08 bits per heavy atom. The van der Waals surface area contributed by atoms with Crippen LogP contribution in [-0.4, -0.2) is 14.2 Å². The van der Waals surface area contributed by atoms with Crippen LogP contribution in [0.4, 0.5) is 13.2 Å². The van der Waals surface area contributed by atoms with E-state index >= 15 is 0 Å². The lowest BCUT2D eigenvalue weighted by Gasteiger charge is -2.13. The molecule has 0 bridgehead atoms. The van der Waals surface area contributed by atoms with Gasteiger partial charge in [0.2, 0.25) is 0 Å². The van der Waals surface area contributed by atoms with Crippen molar-refractivity contribution in [2.24, 2.45) is 0 Å². The number of ether oxygens (including phenoxy) is 2. The van der Waals surface area contributed by atoms with Crippen molar-refractivity contribution < 1.29 is 22.6 Å². The second-order valence-corrected chi connectivity index (χ2v) is 6.39. The van der Waals surface area contributed by atoms with Gasteiger partial charge in [0.15, 0.2) is 0 Å². The third-order valence-corrected chi connectivity index (χ3v) is 4.93. The largest absolute Gasteiger partial charge is 0.497 e. The number of alkyl halides is 3. The van der Waals surface area contributed by atoms with Gasteiger partial charge < -0.3 is 9.47 Å². The van der Waals surface area contributed by atoms with E-state index < -0.39 is 11.7 Å². The molecule has 0 aliphatic carbocycles. The molecule has 0 atom stereocenters. The maximum Gasteiger partial charge on any atom is 0.419 e. The van der Waals surface area contributed by atoms with E-state index in [-0.39, 0.29) is 5.75 Å². The molecule has 1 heterocycles. The first-order chi connectivity index (χ1) is 11.9. The molecule has 2 aromatic carbocycles. The van der Waals surface area contributed by atoms with Gasteiger partial charge in [0.25, 0.3) is 0 Å². The van der Waals surface area contributed by atoms with E-state index in [0.717, 1.165) is 27.1 Å². The highest BCUT2D eigenvalue weighted by molar-refractivity contribution is 7.18. The summed E-state index contributed by atoms with van der Waals surface area (Å²) in [5, 5.41) is 0. The molecule has 1 aromatic heterocycles. The zero-order valence-corrected chi connectivity index (χ0v) is 14.4. The van der Waals surface area contributed by atoms with E-state index in [0.29, 0.717) is 5.56 Å². The lowest BCUT2D eigenvalue weighted by Crippen LogP contribution is -2.07. The minimum absolute atomic E-state index is 0.180. The molecule has 0 N–H and O–H groups in total. The molecular formula is C19H15F3O2S. The first kappa shape index (κ1) is 17.4. The van der Waals surface area contributed by atoms with Gasteiger partial charge in [0.1, 0.15) is 11.5 Å². The Bertz CT molecular complexity index is 884. The SMILES string of the molecule is COc1cccc(-c2ccc(-c3ccc(OC)c(C(F)(F)F)c3)s2)c1. The van der Waals surface area contributed by atoms with Gasteiger partial charge in [-0.2, -0.15) is 13.2 Å². The Morgan fingerprint density at radius 2 is 1.48 bits per heavy atom.